The van der Waals surface area contributed by atoms with Crippen LogP contribution >= 0.6 is 0 Å². The zero-order valence-corrected chi connectivity index (χ0v) is 10.9. The molecule has 2 aromatic rings. The maximum Gasteiger partial charge on any atom is 0.212 e. The molecule has 0 saturated carbocycles. The first-order chi connectivity index (χ1) is 11.2. The first kappa shape index (κ1) is 6.51. The highest BCUT2D eigenvalue weighted by molar-refractivity contribution is 5.61. The number of aromatic nitrogens is 1. The van der Waals surface area contributed by atoms with Crippen molar-refractivity contribution in [3.05, 3.63) is 53.2 Å². The number of rotatable bonds is 2. The van der Waals surface area contributed by atoms with Crippen molar-refractivity contribution in [1.82, 2.24) is 0 Å². The summed E-state index contributed by atoms with van der Waals surface area (Å²) >= 11 is 0. The van der Waals surface area contributed by atoms with Crippen LogP contribution in [0.15, 0.2) is 36.5 Å². The summed E-state index contributed by atoms with van der Waals surface area (Å²) < 4.78 is 55.1. The second-order valence-corrected chi connectivity index (χ2v) is 4.57. The van der Waals surface area contributed by atoms with Gasteiger partial charge < -0.3 is 0 Å². The van der Waals surface area contributed by atoms with E-state index in [-0.39, 0.29) is 5.56 Å². The molecule has 1 heteroatoms. The Labute approximate surface area is 120 Å². The van der Waals surface area contributed by atoms with E-state index in [2.05, 4.69) is 0 Å². The Balaban J connectivity index is 2.50. The highest BCUT2D eigenvalue weighted by Crippen LogP contribution is 2.24. The summed E-state index contributed by atoms with van der Waals surface area (Å²) in [4.78, 5) is 0. The first-order valence-corrected chi connectivity index (χ1v) is 5.87. The SMILES string of the molecule is [2H]C([2H])([2H])c1ccc(-c2ccc(C([2H])(C)C([2H])([2H])[2H])cc2C)[n+](C)c1. The first-order valence-electron chi connectivity index (χ1n) is 9.37. The van der Waals surface area contributed by atoms with Gasteiger partial charge in [0.15, 0.2) is 6.20 Å². The summed E-state index contributed by atoms with van der Waals surface area (Å²) in [5.74, 6) is -1.69. The Morgan fingerprint density at radius 2 is 2.11 bits per heavy atom. The van der Waals surface area contributed by atoms with Crippen LogP contribution in [-0.4, -0.2) is 0 Å². The molecule has 94 valence electrons. The van der Waals surface area contributed by atoms with Crippen molar-refractivity contribution in [3.8, 4) is 11.3 Å². The molecule has 0 spiro atoms. The number of hydrogen-bond acceptors (Lipinski definition) is 0. The molecule has 0 aliphatic carbocycles. The predicted octanol–water partition coefficient (Wildman–Crippen LogP) is 3.92. The molecular formula is C17H22N+. The molecular weight excluding hydrogens is 218 g/mol. The summed E-state index contributed by atoms with van der Waals surface area (Å²) in [6, 6.07) is 8.47. The molecule has 0 aliphatic rings. The topological polar surface area (TPSA) is 3.88 Å². The van der Waals surface area contributed by atoms with E-state index in [1.165, 1.54) is 6.92 Å². The predicted molar refractivity (Wildman–Crippen MR) is 76.6 cm³/mol. The highest BCUT2D eigenvalue weighted by Gasteiger charge is 2.13. The van der Waals surface area contributed by atoms with Crippen molar-refractivity contribution in [2.75, 3.05) is 0 Å². The Kier molecular flexibility index (Phi) is 1.78. The molecule has 0 fully saturated rings. The number of benzene rings is 1. The number of pyridine rings is 1. The van der Waals surface area contributed by atoms with Crippen molar-refractivity contribution < 1.29 is 14.2 Å². The molecule has 1 aromatic carbocycles. The summed E-state index contributed by atoms with van der Waals surface area (Å²) in [6.07, 6.45) is 1.58. The van der Waals surface area contributed by atoms with Crippen molar-refractivity contribution in [2.45, 2.75) is 33.4 Å². The minimum absolute atomic E-state index is 0.258. The van der Waals surface area contributed by atoms with Gasteiger partial charge in [0.05, 0.1) is 0 Å². The van der Waals surface area contributed by atoms with Crippen molar-refractivity contribution in [3.63, 3.8) is 0 Å². The minimum Gasteiger partial charge on any atom is -0.201 e. The fourth-order valence-electron chi connectivity index (χ4n) is 2.07. The van der Waals surface area contributed by atoms with E-state index in [0.717, 1.165) is 16.8 Å². The molecule has 1 atom stereocenters. The number of aryl methyl sites for hydroxylation is 3. The molecule has 1 nitrogen and oxygen atoms in total. The van der Waals surface area contributed by atoms with E-state index in [9.17, 15) is 0 Å². The van der Waals surface area contributed by atoms with E-state index in [4.69, 9.17) is 9.60 Å². The van der Waals surface area contributed by atoms with Gasteiger partial charge in [-0.2, -0.15) is 0 Å². The second kappa shape index (κ2) is 4.93. The molecule has 1 heterocycles. The van der Waals surface area contributed by atoms with Crippen LogP contribution in [-0.2, 0) is 7.05 Å². The molecule has 2 rings (SSSR count). The lowest BCUT2D eigenvalue weighted by atomic mass is 9.96. The van der Waals surface area contributed by atoms with E-state index in [1.807, 2.05) is 6.92 Å². The quantitative estimate of drug-likeness (QED) is 0.708. The van der Waals surface area contributed by atoms with Crippen LogP contribution in [0, 0.1) is 13.8 Å². The molecule has 0 bridgehead atoms. The Hall–Kier alpha value is -1.63. The van der Waals surface area contributed by atoms with Crippen LogP contribution in [0.5, 0.6) is 0 Å². The normalized spacial score (nSPS) is 21.4. The van der Waals surface area contributed by atoms with Gasteiger partial charge in [-0.1, -0.05) is 25.9 Å². The van der Waals surface area contributed by atoms with Gasteiger partial charge in [-0.15, -0.1) is 0 Å². The smallest absolute Gasteiger partial charge is 0.201 e. The third-order valence-corrected chi connectivity index (χ3v) is 3.07. The zero-order chi connectivity index (χ0) is 19.2. The lowest BCUT2D eigenvalue weighted by Gasteiger charge is -2.10. The van der Waals surface area contributed by atoms with Gasteiger partial charge in [-0.05, 0) is 42.9 Å². The summed E-state index contributed by atoms with van der Waals surface area (Å²) in [7, 11) is 1.77. The van der Waals surface area contributed by atoms with E-state index in [1.54, 1.807) is 48.1 Å². The van der Waals surface area contributed by atoms with Gasteiger partial charge in [-0.25, -0.2) is 4.57 Å². The van der Waals surface area contributed by atoms with Crippen LogP contribution < -0.4 is 4.57 Å². The minimum atomic E-state index is -2.42. The largest absolute Gasteiger partial charge is 0.212 e. The summed E-state index contributed by atoms with van der Waals surface area (Å²) in [5, 5.41) is 0. The monoisotopic (exact) mass is 247 g/mol. The van der Waals surface area contributed by atoms with E-state index >= 15 is 0 Å². The molecule has 1 unspecified atom stereocenters. The molecule has 0 aliphatic heterocycles. The standard InChI is InChI=1S/C17H22N/c1-12(2)15-7-8-16(14(4)10-15)17-9-6-13(3)11-18(17)5/h6-12H,1-5H3/q+1/i1D3,3D3,12D. The Morgan fingerprint density at radius 1 is 1.28 bits per heavy atom. The molecule has 18 heavy (non-hydrogen) atoms. The Morgan fingerprint density at radius 3 is 2.72 bits per heavy atom. The lowest BCUT2D eigenvalue weighted by Crippen LogP contribution is -2.31. The van der Waals surface area contributed by atoms with Crippen LogP contribution in [0.25, 0.3) is 11.3 Å². The third kappa shape index (κ3) is 2.45. The van der Waals surface area contributed by atoms with Gasteiger partial charge in [-0.3, -0.25) is 0 Å². The van der Waals surface area contributed by atoms with Gasteiger partial charge in [0.1, 0.15) is 7.05 Å². The average molecular weight is 247 g/mol. The molecule has 1 aromatic heterocycles. The van der Waals surface area contributed by atoms with Gasteiger partial charge in [0, 0.05) is 26.8 Å². The molecule has 0 N–H and O–H groups in total. The molecule has 0 amide bonds. The van der Waals surface area contributed by atoms with Crippen molar-refractivity contribution in [1.29, 1.82) is 0 Å². The third-order valence-electron chi connectivity index (χ3n) is 3.07. The molecule has 0 saturated heterocycles. The van der Waals surface area contributed by atoms with Crippen LogP contribution in [0.4, 0.5) is 0 Å². The van der Waals surface area contributed by atoms with Gasteiger partial charge >= 0.3 is 0 Å². The van der Waals surface area contributed by atoms with Crippen LogP contribution in [0.1, 0.15) is 46.0 Å². The fourth-order valence-corrected chi connectivity index (χ4v) is 2.07. The fraction of sp³-hybridized carbons (Fsp3) is 0.353. The lowest BCUT2D eigenvalue weighted by molar-refractivity contribution is -0.660. The van der Waals surface area contributed by atoms with Crippen LogP contribution in [0.2, 0.25) is 0 Å². The number of hydrogen-bond donors (Lipinski definition) is 0. The van der Waals surface area contributed by atoms with Gasteiger partial charge in [0.2, 0.25) is 5.69 Å². The van der Waals surface area contributed by atoms with E-state index < -0.39 is 19.6 Å². The zero-order valence-electron chi connectivity index (χ0n) is 17.9. The van der Waals surface area contributed by atoms with Crippen molar-refractivity contribution in [2.24, 2.45) is 7.05 Å². The van der Waals surface area contributed by atoms with Crippen LogP contribution in [0.3, 0.4) is 0 Å². The summed E-state index contributed by atoms with van der Waals surface area (Å²) in [6.45, 7) is -1.35. The maximum atomic E-state index is 8.20. The molecule has 0 radical (unpaired) electrons. The summed E-state index contributed by atoms with van der Waals surface area (Å²) in [5.41, 5.74) is 3.20. The van der Waals surface area contributed by atoms with E-state index in [0.29, 0.717) is 5.56 Å². The van der Waals surface area contributed by atoms with Crippen molar-refractivity contribution >= 4 is 0 Å². The highest BCUT2D eigenvalue weighted by atomic mass is 14.9. The maximum absolute atomic E-state index is 8.20. The second-order valence-electron chi connectivity index (χ2n) is 4.57. The van der Waals surface area contributed by atoms with Gasteiger partial charge in [0.25, 0.3) is 0 Å². The number of nitrogens with zero attached hydrogens (tertiary/aromatic N) is 1. The Bertz CT molecular complexity index is 789. The average Bonchev–Trinajstić information content (AvgIpc) is 2.45.